The Labute approximate surface area is 62.9 Å². The van der Waals surface area contributed by atoms with Gasteiger partial charge in [0, 0.05) is 6.42 Å². The van der Waals surface area contributed by atoms with Crippen molar-refractivity contribution in [3.05, 3.63) is 12.7 Å². The van der Waals surface area contributed by atoms with Crippen molar-refractivity contribution < 1.29 is 17.6 Å². The van der Waals surface area contributed by atoms with Crippen molar-refractivity contribution in [1.82, 2.24) is 0 Å². The summed E-state index contributed by atoms with van der Waals surface area (Å²) in [5, 5.41) is 0. The van der Waals surface area contributed by atoms with E-state index in [9.17, 15) is 17.6 Å². The predicted molar refractivity (Wildman–Crippen MR) is 35.5 cm³/mol. The molecule has 0 saturated heterocycles. The van der Waals surface area contributed by atoms with Crippen LogP contribution < -0.4 is 0 Å². The Hall–Kier alpha value is -0.540. The molecular weight excluding hydrogens is 160 g/mol. The fourth-order valence-corrected chi connectivity index (χ4v) is 0.593. The normalized spacial score (nSPS) is 18.9. The zero-order chi connectivity index (χ0) is 8.85. The van der Waals surface area contributed by atoms with E-state index < -0.39 is 31.6 Å². The highest BCUT2D eigenvalue weighted by Crippen LogP contribution is 2.15. The highest BCUT2D eigenvalue weighted by atomic mass is 19.2. The van der Waals surface area contributed by atoms with E-state index in [4.69, 9.17) is 0 Å². The zero-order valence-electron chi connectivity index (χ0n) is 5.94. The summed E-state index contributed by atoms with van der Waals surface area (Å²) in [7, 11) is 0. The van der Waals surface area contributed by atoms with Crippen LogP contribution in [0.2, 0.25) is 0 Å². The molecule has 0 heterocycles. The number of halogens is 4. The molecule has 0 amide bonds. The van der Waals surface area contributed by atoms with Gasteiger partial charge in [-0.2, -0.15) is 0 Å². The van der Waals surface area contributed by atoms with Crippen LogP contribution in [0.25, 0.3) is 0 Å². The summed E-state index contributed by atoms with van der Waals surface area (Å²) in [4.78, 5) is 0. The molecule has 66 valence electrons. The van der Waals surface area contributed by atoms with Gasteiger partial charge in [0.05, 0.1) is 6.67 Å². The smallest absolute Gasteiger partial charge is 0.166 e. The van der Waals surface area contributed by atoms with Crippen molar-refractivity contribution >= 4 is 0 Å². The molecule has 0 rings (SSSR count). The van der Waals surface area contributed by atoms with E-state index in [1.165, 1.54) is 0 Å². The van der Waals surface area contributed by atoms with E-state index >= 15 is 0 Å². The lowest BCUT2D eigenvalue weighted by Gasteiger charge is -2.12. The van der Waals surface area contributed by atoms with Crippen molar-refractivity contribution in [2.75, 3.05) is 6.67 Å². The molecule has 0 aromatic rings. The summed E-state index contributed by atoms with van der Waals surface area (Å²) >= 11 is 0. The number of hydrogen-bond donors (Lipinski definition) is 0. The lowest BCUT2D eigenvalue weighted by atomic mass is 10.1. The largest absolute Gasteiger partial charge is 0.251 e. The molecule has 0 aromatic carbocycles. The van der Waals surface area contributed by atoms with Crippen LogP contribution in [-0.2, 0) is 0 Å². The molecule has 0 radical (unpaired) electrons. The minimum absolute atomic E-state index is 0.602. The maximum Gasteiger partial charge on any atom is 0.166 e. The van der Waals surface area contributed by atoms with Crippen molar-refractivity contribution in [3.63, 3.8) is 0 Å². The van der Waals surface area contributed by atoms with Crippen LogP contribution in [0, 0.1) is 0 Å². The number of hydrogen-bond acceptors (Lipinski definition) is 0. The first kappa shape index (κ1) is 10.5. The van der Waals surface area contributed by atoms with Gasteiger partial charge in [0.2, 0.25) is 0 Å². The molecule has 0 aliphatic heterocycles. The molecule has 0 aliphatic carbocycles. The highest BCUT2D eigenvalue weighted by molar-refractivity contribution is 4.88. The second-order valence-electron chi connectivity index (χ2n) is 2.12. The van der Waals surface area contributed by atoms with E-state index in [-0.39, 0.29) is 0 Å². The minimum Gasteiger partial charge on any atom is -0.251 e. The Morgan fingerprint density at radius 3 is 2.18 bits per heavy atom. The average molecular weight is 170 g/mol. The van der Waals surface area contributed by atoms with Crippen molar-refractivity contribution in [1.29, 1.82) is 0 Å². The van der Waals surface area contributed by atoms with Gasteiger partial charge in [-0.3, -0.25) is 4.39 Å². The molecule has 4 heteroatoms. The topological polar surface area (TPSA) is 0 Å². The van der Waals surface area contributed by atoms with E-state index in [2.05, 4.69) is 6.58 Å². The molecule has 0 N–H and O–H groups in total. The minimum atomic E-state index is -2.29. The fourth-order valence-electron chi connectivity index (χ4n) is 0.593. The van der Waals surface area contributed by atoms with Gasteiger partial charge in [-0.15, -0.1) is 6.58 Å². The molecule has 0 fully saturated rings. The van der Waals surface area contributed by atoms with Gasteiger partial charge >= 0.3 is 0 Å². The molecule has 0 spiro atoms. The fraction of sp³-hybridized carbons (Fsp3) is 0.714. The summed E-state index contributed by atoms with van der Waals surface area (Å²) < 4.78 is 48.4. The molecule has 0 saturated carbocycles. The summed E-state index contributed by atoms with van der Waals surface area (Å²) in [6, 6.07) is 0. The maximum absolute atomic E-state index is 12.4. The molecule has 3 atom stereocenters. The standard InChI is InChI=1S/C7H10F4/c1-2-5(9)7(11)6(10)3-4-8/h2,5-7H,1,3-4H2. The molecule has 3 unspecified atom stereocenters. The first-order valence-corrected chi connectivity index (χ1v) is 3.24. The number of allylic oxidation sites excluding steroid dienone is 1. The van der Waals surface area contributed by atoms with Crippen LogP contribution >= 0.6 is 0 Å². The summed E-state index contributed by atoms with van der Waals surface area (Å²) in [6.45, 7) is 1.97. The average Bonchev–Trinajstić information content (AvgIpc) is 2.02. The maximum atomic E-state index is 12.4. The van der Waals surface area contributed by atoms with Gasteiger partial charge in [0.25, 0.3) is 0 Å². The van der Waals surface area contributed by atoms with Gasteiger partial charge in [-0.25, -0.2) is 13.2 Å². The molecule has 11 heavy (non-hydrogen) atoms. The van der Waals surface area contributed by atoms with E-state index in [0.29, 0.717) is 6.08 Å². The van der Waals surface area contributed by atoms with Crippen LogP contribution in [0.5, 0.6) is 0 Å². The van der Waals surface area contributed by atoms with Crippen LogP contribution in [0.1, 0.15) is 6.42 Å². The number of alkyl halides is 4. The van der Waals surface area contributed by atoms with Gasteiger partial charge in [-0.05, 0) is 0 Å². The molecule has 0 bridgehead atoms. The number of rotatable bonds is 5. The third-order valence-electron chi connectivity index (χ3n) is 1.26. The first-order chi connectivity index (χ1) is 5.13. The first-order valence-electron chi connectivity index (χ1n) is 3.24. The third kappa shape index (κ3) is 3.39. The van der Waals surface area contributed by atoms with Crippen molar-refractivity contribution in [2.24, 2.45) is 0 Å². The zero-order valence-corrected chi connectivity index (χ0v) is 5.94. The predicted octanol–water partition coefficient (Wildman–Crippen LogP) is 2.55. The van der Waals surface area contributed by atoms with Gasteiger partial charge in [0.1, 0.15) is 6.17 Å². The van der Waals surface area contributed by atoms with E-state index in [1.54, 1.807) is 0 Å². The monoisotopic (exact) mass is 170 g/mol. The molecular formula is C7H10F4. The Balaban J connectivity index is 3.79. The van der Waals surface area contributed by atoms with Gasteiger partial charge < -0.3 is 0 Å². The van der Waals surface area contributed by atoms with Gasteiger partial charge in [-0.1, -0.05) is 6.08 Å². The summed E-state index contributed by atoms with van der Waals surface area (Å²) in [5.41, 5.74) is 0. The third-order valence-corrected chi connectivity index (χ3v) is 1.26. The molecule has 0 aliphatic rings. The molecule has 0 aromatic heterocycles. The van der Waals surface area contributed by atoms with Crippen LogP contribution in [0.3, 0.4) is 0 Å². The highest BCUT2D eigenvalue weighted by Gasteiger charge is 2.27. The Kier molecular flexibility index (Phi) is 4.90. The Morgan fingerprint density at radius 1 is 1.27 bits per heavy atom. The van der Waals surface area contributed by atoms with Crippen LogP contribution in [-0.4, -0.2) is 25.2 Å². The van der Waals surface area contributed by atoms with E-state index in [1.807, 2.05) is 0 Å². The quantitative estimate of drug-likeness (QED) is 0.439. The summed E-state index contributed by atoms with van der Waals surface area (Å²) in [6.07, 6.45) is -6.35. The van der Waals surface area contributed by atoms with Gasteiger partial charge in [0.15, 0.2) is 12.3 Å². The van der Waals surface area contributed by atoms with Crippen LogP contribution in [0.15, 0.2) is 12.7 Å². The van der Waals surface area contributed by atoms with Crippen molar-refractivity contribution in [2.45, 2.75) is 24.9 Å². The second-order valence-corrected chi connectivity index (χ2v) is 2.12. The Morgan fingerprint density at radius 2 is 1.82 bits per heavy atom. The molecule has 0 nitrogen and oxygen atoms in total. The summed E-state index contributed by atoms with van der Waals surface area (Å²) in [5.74, 6) is 0. The second kappa shape index (κ2) is 5.16. The van der Waals surface area contributed by atoms with Crippen LogP contribution in [0.4, 0.5) is 17.6 Å². The van der Waals surface area contributed by atoms with Crippen molar-refractivity contribution in [3.8, 4) is 0 Å². The SMILES string of the molecule is C=CC(F)C(F)C(F)CCF. The lowest BCUT2D eigenvalue weighted by molar-refractivity contribution is 0.0944. The Bertz CT molecular complexity index is 115. The lowest BCUT2D eigenvalue weighted by Crippen LogP contribution is -2.26. The van der Waals surface area contributed by atoms with E-state index in [0.717, 1.165) is 0 Å².